The Kier molecular flexibility index (Phi) is 14.7. The molecule has 0 unspecified atom stereocenters. The van der Waals surface area contributed by atoms with Gasteiger partial charge in [0, 0.05) is 13.1 Å². The molecule has 0 radical (unpaired) electrons. The molecule has 0 aliphatic rings. The molecule has 1 aromatic carbocycles. The first kappa shape index (κ1) is 35.9. The van der Waals surface area contributed by atoms with E-state index in [1.807, 2.05) is 0 Å². The van der Waals surface area contributed by atoms with Crippen LogP contribution in [0.1, 0.15) is 49.9 Å². The molecular formula is C25H40FN11O6. The average molecular weight is 610 g/mol. The summed E-state index contributed by atoms with van der Waals surface area (Å²) in [4.78, 5) is 70.8. The molecular weight excluding hydrogens is 569 g/mol. The van der Waals surface area contributed by atoms with Crippen LogP contribution in [-0.4, -0.2) is 83.8 Å². The maximum atomic E-state index is 13.6. The van der Waals surface area contributed by atoms with Crippen LogP contribution < -0.4 is 49.9 Å². The number of nitrogens with zero attached hydrogens (tertiary/aromatic N) is 2. The Labute approximate surface area is 247 Å². The second kappa shape index (κ2) is 17.6. The van der Waals surface area contributed by atoms with Crippen molar-refractivity contribution in [1.29, 1.82) is 0 Å². The fraction of sp³-hybridized carbons (Fsp3) is 0.480. The zero-order valence-corrected chi connectivity index (χ0v) is 23.9. The number of benzene rings is 1. The van der Waals surface area contributed by atoms with E-state index in [9.17, 15) is 33.5 Å². The lowest BCUT2D eigenvalue weighted by atomic mass is 10.1. The highest BCUT2D eigenvalue weighted by Gasteiger charge is 2.29. The maximum Gasteiger partial charge on any atom is 0.255 e. The van der Waals surface area contributed by atoms with Gasteiger partial charge in [0.2, 0.25) is 23.6 Å². The number of carbonyl (C=O) groups is 5. The van der Waals surface area contributed by atoms with Crippen LogP contribution in [-0.2, 0) is 19.2 Å². The summed E-state index contributed by atoms with van der Waals surface area (Å²) >= 11 is 0. The SMILES string of the molecule is C[C@H](NC(=O)[C@H](CCCN=C(N)N)NC(=O)[C@H](CCCN=C(N)N)NC(=O)[C@H](C)NC(=O)c1cc(F)ccc1O)C(N)=O. The molecule has 5 amide bonds. The van der Waals surface area contributed by atoms with Crippen LogP contribution in [0.15, 0.2) is 28.2 Å². The number of primary amides is 1. The molecule has 15 N–H and O–H groups in total. The third-order valence-corrected chi connectivity index (χ3v) is 5.89. The van der Waals surface area contributed by atoms with Gasteiger partial charge >= 0.3 is 0 Å². The van der Waals surface area contributed by atoms with Crippen LogP contribution in [0.5, 0.6) is 5.75 Å². The Morgan fingerprint density at radius 1 is 0.767 bits per heavy atom. The standard InChI is InChI=1S/C25H40FN11O6/c1-12(19(27)39)34-22(42)16(5-3-9-32-24(28)29)37-23(43)17(6-4-10-33-25(30)31)36-20(40)13(2)35-21(41)15-11-14(26)7-8-18(15)38/h7-8,11-13,16-17,38H,3-6,9-10H2,1-2H3,(H2,27,39)(H,34,42)(H,35,41)(H,36,40)(H,37,43)(H4,28,29,32)(H4,30,31,33)/t12-,13-,16-,17-/m0/s1. The van der Waals surface area contributed by atoms with Crippen molar-refractivity contribution in [3.8, 4) is 5.75 Å². The lowest BCUT2D eigenvalue weighted by molar-refractivity contribution is -0.133. The molecule has 0 aliphatic heterocycles. The third-order valence-electron chi connectivity index (χ3n) is 5.89. The van der Waals surface area contributed by atoms with Crippen molar-refractivity contribution in [3.05, 3.63) is 29.6 Å². The van der Waals surface area contributed by atoms with Crippen molar-refractivity contribution in [3.63, 3.8) is 0 Å². The number of nitrogens with one attached hydrogen (secondary N) is 4. The minimum absolute atomic E-state index is 0.0136. The molecule has 4 atom stereocenters. The number of aliphatic imine (C=N–C) groups is 2. The molecule has 0 bridgehead atoms. The zero-order valence-electron chi connectivity index (χ0n) is 23.9. The number of rotatable bonds is 17. The second-order valence-electron chi connectivity index (χ2n) is 9.51. The molecule has 0 saturated carbocycles. The highest BCUT2D eigenvalue weighted by atomic mass is 19.1. The summed E-state index contributed by atoms with van der Waals surface area (Å²) in [6.45, 7) is 2.93. The Morgan fingerprint density at radius 2 is 1.26 bits per heavy atom. The first-order valence-corrected chi connectivity index (χ1v) is 13.2. The number of amides is 5. The Morgan fingerprint density at radius 3 is 1.74 bits per heavy atom. The summed E-state index contributed by atoms with van der Waals surface area (Å²) < 4.78 is 13.6. The van der Waals surface area contributed by atoms with Gasteiger partial charge in [-0.2, -0.15) is 0 Å². The number of aromatic hydroxyl groups is 1. The molecule has 0 heterocycles. The van der Waals surface area contributed by atoms with Gasteiger partial charge in [-0.15, -0.1) is 0 Å². The Balaban J connectivity index is 3.09. The molecule has 1 rings (SSSR count). The van der Waals surface area contributed by atoms with E-state index in [-0.39, 0.29) is 50.7 Å². The van der Waals surface area contributed by atoms with Gasteiger partial charge in [0.05, 0.1) is 5.56 Å². The molecule has 1 aromatic rings. The highest BCUT2D eigenvalue weighted by molar-refractivity contribution is 6.00. The molecule has 0 fully saturated rings. The first-order chi connectivity index (χ1) is 20.1. The fourth-order valence-corrected chi connectivity index (χ4v) is 3.53. The van der Waals surface area contributed by atoms with Gasteiger partial charge in [-0.3, -0.25) is 34.0 Å². The van der Waals surface area contributed by atoms with E-state index in [4.69, 9.17) is 28.7 Å². The lowest BCUT2D eigenvalue weighted by Gasteiger charge is -2.25. The van der Waals surface area contributed by atoms with Crippen LogP contribution >= 0.6 is 0 Å². The maximum absolute atomic E-state index is 13.6. The number of hydrogen-bond acceptors (Lipinski definition) is 8. The minimum Gasteiger partial charge on any atom is -0.507 e. The normalized spacial score (nSPS) is 13.3. The number of hydrogen-bond donors (Lipinski definition) is 10. The van der Waals surface area contributed by atoms with Crippen LogP contribution in [0.3, 0.4) is 0 Å². The van der Waals surface area contributed by atoms with Crippen molar-refractivity contribution in [1.82, 2.24) is 21.3 Å². The van der Waals surface area contributed by atoms with Crippen molar-refractivity contribution in [2.45, 2.75) is 63.7 Å². The lowest BCUT2D eigenvalue weighted by Crippen LogP contribution is -2.57. The minimum atomic E-state index is -1.24. The Hall–Kier alpha value is -5.16. The molecule has 0 aliphatic carbocycles. The molecule has 43 heavy (non-hydrogen) atoms. The molecule has 17 nitrogen and oxygen atoms in total. The van der Waals surface area contributed by atoms with Crippen molar-refractivity contribution >= 4 is 41.5 Å². The molecule has 18 heteroatoms. The van der Waals surface area contributed by atoms with Gasteiger partial charge in [-0.05, 0) is 57.7 Å². The van der Waals surface area contributed by atoms with Gasteiger partial charge in [0.15, 0.2) is 11.9 Å². The van der Waals surface area contributed by atoms with E-state index in [1.165, 1.54) is 13.8 Å². The highest BCUT2D eigenvalue weighted by Crippen LogP contribution is 2.17. The van der Waals surface area contributed by atoms with Crippen molar-refractivity contribution in [2.24, 2.45) is 38.7 Å². The largest absolute Gasteiger partial charge is 0.507 e. The predicted octanol–water partition coefficient (Wildman–Crippen LogP) is -3.28. The fourth-order valence-electron chi connectivity index (χ4n) is 3.53. The molecule has 0 spiro atoms. The van der Waals surface area contributed by atoms with Gasteiger partial charge in [0.1, 0.15) is 35.7 Å². The number of halogens is 1. The molecule has 238 valence electrons. The van der Waals surface area contributed by atoms with Gasteiger partial charge < -0.3 is 55.0 Å². The van der Waals surface area contributed by atoms with E-state index >= 15 is 0 Å². The molecule has 0 saturated heterocycles. The van der Waals surface area contributed by atoms with Gasteiger partial charge in [-0.25, -0.2) is 4.39 Å². The van der Waals surface area contributed by atoms with Crippen LogP contribution in [0.25, 0.3) is 0 Å². The topological polar surface area (TPSA) is 309 Å². The Bertz CT molecular complexity index is 1220. The van der Waals surface area contributed by atoms with Crippen molar-refractivity contribution in [2.75, 3.05) is 13.1 Å². The third kappa shape index (κ3) is 13.4. The summed E-state index contributed by atoms with van der Waals surface area (Å²) in [7, 11) is 0. The van der Waals surface area contributed by atoms with E-state index in [0.717, 1.165) is 18.2 Å². The monoisotopic (exact) mass is 609 g/mol. The van der Waals surface area contributed by atoms with Crippen LogP contribution in [0, 0.1) is 5.82 Å². The quantitative estimate of drug-likeness (QED) is 0.0477. The summed E-state index contributed by atoms with van der Waals surface area (Å²) in [6.07, 6.45) is 0.560. The number of carbonyl (C=O) groups excluding carboxylic acids is 5. The van der Waals surface area contributed by atoms with Gasteiger partial charge in [-0.1, -0.05) is 0 Å². The number of guanidine groups is 2. The predicted molar refractivity (Wildman–Crippen MR) is 155 cm³/mol. The molecule has 0 aromatic heterocycles. The summed E-state index contributed by atoms with van der Waals surface area (Å²) in [5.74, 6) is -5.65. The summed E-state index contributed by atoms with van der Waals surface area (Å²) in [5.41, 5.74) is 26.1. The first-order valence-electron chi connectivity index (χ1n) is 13.2. The van der Waals surface area contributed by atoms with E-state index in [0.29, 0.717) is 0 Å². The smallest absolute Gasteiger partial charge is 0.255 e. The number of phenolic OH excluding ortho intramolecular Hbond substituents is 1. The van der Waals surface area contributed by atoms with E-state index in [1.54, 1.807) is 0 Å². The summed E-state index contributed by atoms with van der Waals surface area (Å²) in [5, 5.41) is 19.6. The average Bonchev–Trinajstić information content (AvgIpc) is 2.92. The number of phenols is 1. The van der Waals surface area contributed by atoms with E-state index < -0.39 is 70.8 Å². The van der Waals surface area contributed by atoms with Crippen LogP contribution in [0.2, 0.25) is 0 Å². The number of nitrogens with two attached hydrogens (primary N) is 5. The van der Waals surface area contributed by atoms with E-state index in [2.05, 4.69) is 31.3 Å². The van der Waals surface area contributed by atoms with Crippen molar-refractivity contribution < 1.29 is 33.5 Å². The van der Waals surface area contributed by atoms with Crippen LogP contribution in [0.4, 0.5) is 4.39 Å². The zero-order chi connectivity index (χ0) is 32.7. The summed E-state index contributed by atoms with van der Waals surface area (Å²) in [6, 6.07) is -1.94. The second-order valence-corrected chi connectivity index (χ2v) is 9.51. The van der Waals surface area contributed by atoms with Gasteiger partial charge in [0.25, 0.3) is 5.91 Å².